The van der Waals surface area contributed by atoms with Gasteiger partial charge < -0.3 is 20.1 Å². The molecule has 3 N–H and O–H groups in total. The maximum Gasteiger partial charge on any atom is 0.262 e. The largest absolute Gasteiger partial charge is 0.492 e. The van der Waals surface area contributed by atoms with Gasteiger partial charge in [-0.05, 0) is 55.5 Å². The molecular formula is C25H31N3O5S. The van der Waals surface area contributed by atoms with E-state index in [-0.39, 0.29) is 28.9 Å². The zero-order valence-electron chi connectivity index (χ0n) is 19.5. The summed E-state index contributed by atoms with van der Waals surface area (Å²) in [4.78, 5) is 14.8. The van der Waals surface area contributed by atoms with Crippen molar-refractivity contribution in [2.24, 2.45) is 11.7 Å². The van der Waals surface area contributed by atoms with Crippen LogP contribution in [0.25, 0.3) is 0 Å². The molecule has 9 heteroatoms. The molecule has 182 valence electrons. The van der Waals surface area contributed by atoms with Crippen LogP contribution in [0.5, 0.6) is 5.75 Å². The quantitative estimate of drug-likeness (QED) is 0.595. The van der Waals surface area contributed by atoms with Crippen molar-refractivity contribution in [3.8, 4) is 5.75 Å². The highest BCUT2D eigenvalue weighted by Gasteiger charge is 2.45. The van der Waals surface area contributed by atoms with Gasteiger partial charge in [-0.2, -0.15) is 0 Å². The second-order valence-corrected chi connectivity index (χ2v) is 11.2. The van der Waals surface area contributed by atoms with Gasteiger partial charge in [-0.3, -0.25) is 9.52 Å². The Hall–Kier alpha value is -2.62. The first kappa shape index (κ1) is 23.1. The minimum atomic E-state index is -4.01. The number of carbonyl (C=O) groups is 1. The van der Waals surface area contributed by atoms with Crippen LogP contribution in [0.15, 0.2) is 35.2 Å². The summed E-state index contributed by atoms with van der Waals surface area (Å²) >= 11 is 0. The topological polar surface area (TPSA) is 111 Å². The highest BCUT2D eigenvalue weighted by Crippen LogP contribution is 2.55. The molecule has 2 fully saturated rings. The van der Waals surface area contributed by atoms with Crippen molar-refractivity contribution in [2.75, 3.05) is 31.0 Å². The van der Waals surface area contributed by atoms with Crippen molar-refractivity contribution < 1.29 is 22.7 Å². The third kappa shape index (κ3) is 4.39. The lowest BCUT2D eigenvalue weighted by atomic mass is 10.00. The predicted molar refractivity (Wildman–Crippen MR) is 129 cm³/mol. The SMILES string of the molecule is CCN1CCC(OCc2cc(C)ccc2S(=O)(=O)Nc2ccc3c(c2C(N)=O)OC[C@@H]2C[C@H]32)C1. The molecule has 0 spiro atoms. The highest BCUT2D eigenvalue weighted by molar-refractivity contribution is 7.92. The Bertz CT molecular complexity index is 1230. The van der Waals surface area contributed by atoms with Crippen LogP contribution in [0.4, 0.5) is 5.69 Å². The van der Waals surface area contributed by atoms with E-state index in [1.807, 2.05) is 19.1 Å². The number of amides is 1. The molecule has 1 unspecified atom stereocenters. The number of likely N-dealkylation sites (N-methyl/N-ethyl adjacent to an activating group) is 1. The van der Waals surface area contributed by atoms with E-state index >= 15 is 0 Å². The second-order valence-electron chi connectivity index (χ2n) is 9.52. The average molecular weight is 486 g/mol. The summed E-state index contributed by atoms with van der Waals surface area (Å²) in [5.41, 5.74) is 8.33. The van der Waals surface area contributed by atoms with Gasteiger partial charge in [-0.15, -0.1) is 0 Å². The monoisotopic (exact) mass is 485 g/mol. The number of nitrogens with zero attached hydrogens (tertiary/aromatic N) is 1. The summed E-state index contributed by atoms with van der Waals surface area (Å²) in [7, 11) is -4.01. The number of benzene rings is 2. The standard InChI is InChI=1S/C25H31N3O5S/c1-3-28-9-8-18(12-28)32-14-17-10-15(2)4-7-22(17)34(30,31)27-21-6-5-19-20-11-16(20)13-33-24(19)23(21)25(26)29/h4-7,10,16,18,20,27H,3,8-9,11-14H2,1-2H3,(H2,26,29)/t16-,18?,20-/m0/s1. The van der Waals surface area contributed by atoms with Gasteiger partial charge in [0.1, 0.15) is 11.3 Å². The Kier molecular flexibility index (Phi) is 6.03. The maximum atomic E-state index is 13.5. The molecule has 3 aliphatic rings. The predicted octanol–water partition coefficient (Wildman–Crippen LogP) is 3.00. The van der Waals surface area contributed by atoms with Crippen molar-refractivity contribution in [1.82, 2.24) is 4.90 Å². The molecule has 0 aromatic heterocycles. The van der Waals surface area contributed by atoms with E-state index < -0.39 is 15.9 Å². The van der Waals surface area contributed by atoms with Crippen LogP contribution < -0.4 is 15.2 Å². The summed E-state index contributed by atoms with van der Waals surface area (Å²) in [6.45, 7) is 7.56. The summed E-state index contributed by atoms with van der Waals surface area (Å²) in [6.07, 6.45) is 2.02. The molecule has 1 aliphatic carbocycles. The van der Waals surface area contributed by atoms with Gasteiger partial charge in [0.2, 0.25) is 0 Å². The third-order valence-corrected chi connectivity index (χ3v) is 8.57. The molecule has 2 aromatic rings. The van der Waals surface area contributed by atoms with Crippen LogP contribution in [0.3, 0.4) is 0 Å². The fraction of sp³-hybridized carbons (Fsp3) is 0.480. The number of anilines is 1. The lowest BCUT2D eigenvalue weighted by Gasteiger charge is -2.22. The first-order valence-electron chi connectivity index (χ1n) is 11.8. The molecule has 8 nitrogen and oxygen atoms in total. The van der Waals surface area contributed by atoms with Crippen molar-refractivity contribution in [3.05, 3.63) is 52.6 Å². The smallest absolute Gasteiger partial charge is 0.262 e. The summed E-state index contributed by atoms with van der Waals surface area (Å²) in [5, 5.41) is 0. The molecule has 2 heterocycles. The van der Waals surface area contributed by atoms with E-state index in [4.69, 9.17) is 15.2 Å². The number of primary amides is 1. The number of fused-ring (bicyclic) bond motifs is 3. The molecule has 0 radical (unpaired) electrons. The molecule has 2 aliphatic heterocycles. The molecule has 3 atom stereocenters. The van der Waals surface area contributed by atoms with Crippen LogP contribution in [0.1, 0.15) is 52.7 Å². The minimum Gasteiger partial charge on any atom is -0.492 e. The van der Waals surface area contributed by atoms with E-state index in [1.54, 1.807) is 18.2 Å². The molecule has 2 aromatic carbocycles. The zero-order valence-corrected chi connectivity index (χ0v) is 20.4. The molecule has 34 heavy (non-hydrogen) atoms. The van der Waals surface area contributed by atoms with E-state index in [1.165, 1.54) is 0 Å². The lowest BCUT2D eigenvalue weighted by molar-refractivity contribution is 0.0458. The van der Waals surface area contributed by atoms with Gasteiger partial charge in [-0.25, -0.2) is 8.42 Å². The number of nitrogens with one attached hydrogen (secondary N) is 1. The number of aryl methyl sites for hydroxylation is 1. The van der Waals surface area contributed by atoms with Crippen molar-refractivity contribution in [1.29, 1.82) is 0 Å². The van der Waals surface area contributed by atoms with Crippen LogP contribution >= 0.6 is 0 Å². The first-order valence-corrected chi connectivity index (χ1v) is 13.3. The minimum absolute atomic E-state index is 0.0782. The molecular weight excluding hydrogens is 454 g/mol. The fourth-order valence-corrected chi connectivity index (χ4v) is 6.37. The summed E-state index contributed by atoms with van der Waals surface area (Å²) in [6, 6.07) is 8.62. The molecule has 1 saturated heterocycles. The number of rotatable bonds is 8. The molecule has 0 bridgehead atoms. The van der Waals surface area contributed by atoms with E-state index in [0.29, 0.717) is 29.8 Å². The Labute approximate surface area is 200 Å². The second kappa shape index (κ2) is 8.87. The van der Waals surface area contributed by atoms with Gasteiger partial charge >= 0.3 is 0 Å². The number of hydrogen-bond acceptors (Lipinski definition) is 6. The lowest BCUT2D eigenvalue weighted by Crippen LogP contribution is -2.24. The van der Waals surface area contributed by atoms with E-state index in [0.717, 1.165) is 43.6 Å². The number of nitrogens with two attached hydrogens (primary N) is 1. The maximum absolute atomic E-state index is 13.5. The van der Waals surface area contributed by atoms with Crippen molar-refractivity contribution in [3.63, 3.8) is 0 Å². The molecule has 5 rings (SSSR count). The van der Waals surface area contributed by atoms with Gasteiger partial charge in [0.15, 0.2) is 0 Å². The number of carbonyl (C=O) groups excluding carboxylic acids is 1. The Morgan fingerprint density at radius 3 is 2.85 bits per heavy atom. The van der Waals surface area contributed by atoms with Crippen molar-refractivity contribution >= 4 is 21.6 Å². The van der Waals surface area contributed by atoms with Crippen LogP contribution in [0.2, 0.25) is 0 Å². The normalized spacial score (nSPS) is 23.6. The highest BCUT2D eigenvalue weighted by atomic mass is 32.2. The average Bonchev–Trinajstić information content (AvgIpc) is 3.45. The van der Waals surface area contributed by atoms with Gasteiger partial charge in [0.05, 0.1) is 29.9 Å². The Balaban J connectivity index is 1.42. The number of hydrogen-bond donors (Lipinski definition) is 2. The number of ether oxygens (including phenoxy) is 2. The first-order chi connectivity index (χ1) is 16.3. The molecule has 1 amide bonds. The van der Waals surface area contributed by atoms with Gasteiger partial charge in [0.25, 0.3) is 15.9 Å². The number of likely N-dealkylation sites (tertiary alicyclic amines) is 1. The third-order valence-electron chi connectivity index (χ3n) is 7.10. The van der Waals surface area contributed by atoms with Crippen LogP contribution in [-0.2, 0) is 21.4 Å². The Morgan fingerprint density at radius 1 is 1.29 bits per heavy atom. The zero-order chi connectivity index (χ0) is 24.0. The van der Waals surface area contributed by atoms with Crippen molar-refractivity contribution in [2.45, 2.75) is 50.2 Å². The Morgan fingerprint density at radius 2 is 2.12 bits per heavy atom. The van der Waals surface area contributed by atoms with E-state index in [9.17, 15) is 13.2 Å². The summed E-state index contributed by atoms with van der Waals surface area (Å²) < 4.78 is 41.5. The number of sulfonamides is 1. The van der Waals surface area contributed by atoms with E-state index in [2.05, 4.69) is 16.5 Å². The van der Waals surface area contributed by atoms with Gasteiger partial charge in [0, 0.05) is 19.0 Å². The molecule has 1 saturated carbocycles. The van der Waals surface area contributed by atoms with Crippen LogP contribution in [-0.4, -0.2) is 51.6 Å². The fourth-order valence-electron chi connectivity index (χ4n) is 5.09. The van der Waals surface area contributed by atoms with Gasteiger partial charge in [-0.1, -0.05) is 30.7 Å². The summed E-state index contributed by atoms with van der Waals surface area (Å²) in [5.74, 6) is 0.506. The van der Waals surface area contributed by atoms with Crippen LogP contribution in [0, 0.1) is 12.8 Å².